The van der Waals surface area contributed by atoms with Crippen molar-refractivity contribution in [3.63, 3.8) is 0 Å². The molecule has 0 fully saturated rings. The first-order valence-corrected chi connectivity index (χ1v) is 12.0. The Kier molecular flexibility index (Phi) is 8.05. The molecule has 38 heavy (non-hydrogen) atoms. The van der Waals surface area contributed by atoms with Crippen LogP contribution in [0.3, 0.4) is 0 Å². The third kappa shape index (κ3) is 5.52. The predicted molar refractivity (Wildman–Crippen MR) is 136 cm³/mol. The SMILES string of the molecule is CN1c2c(c(=O)n(CCOCCO)c(=O)n2C)N(Cc2ccc(Cl)cc2)C1Oc1cccc(C(F)(F)F)c1. The molecule has 3 aromatic rings. The second kappa shape index (κ2) is 11.1. The highest BCUT2D eigenvalue weighted by Crippen LogP contribution is 2.38. The molecule has 2 heterocycles. The van der Waals surface area contributed by atoms with E-state index >= 15 is 0 Å². The molecular weight excluding hydrogens is 529 g/mol. The van der Waals surface area contributed by atoms with Crippen LogP contribution in [-0.4, -0.2) is 47.5 Å². The van der Waals surface area contributed by atoms with Crippen molar-refractivity contribution < 1.29 is 27.8 Å². The zero-order valence-corrected chi connectivity index (χ0v) is 21.4. The van der Waals surface area contributed by atoms with Gasteiger partial charge >= 0.3 is 11.9 Å². The van der Waals surface area contributed by atoms with Crippen LogP contribution >= 0.6 is 11.6 Å². The molecule has 9 nitrogen and oxygen atoms in total. The monoisotopic (exact) mass is 554 g/mol. The molecule has 2 aromatic carbocycles. The molecule has 1 aliphatic rings. The molecule has 0 aliphatic carbocycles. The minimum absolute atomic E-state index is 0.0195. The summed E-state index contributed by atoms with van der Waals surface area (Å²) < 4.78 is 53.5. The number of aromatic nitrogens is 2. The molecule has 1 aliphatic heterocycles. The Hall–Kier alpha value is -3.48. The van der Waals surface area contributed by atoms with Gasteiger partial charge in [-0.3, -0.25) is 13.9 Å². The van der Waals surface area contributed by atoms with Gasteiger partial charge in [0, 0.05) is 25.7 Å². The zero-order chi connectivity index (χ0) is 27.6. The molecule has 0 spiro atoms. The number of aliphatic hydroxyl groups excluding tert-OH is 1. The van der Waals surface area contributed by atoms with Crippen molar-refractivity contribution in [2.24, 2.45) is 7.05 Å². The summed E-state index contributed by atoms with van der Waals surface area (Å²) in [6.45, 7) is -0.0572. The van der Waals surface area contributed by atoms with E-state index in [4.69, 9.17) is 26.2 Å². The van der Waals surface area contributed by atoms with Crippen LogP contribution in [0.25, 0.3) is 0 Å². The van der Waals surface area contributed by atoms with Crippen LogP contribution in [-0.2, 0) is 31.1 Å². The van der Waals surface area contributed by atoms with Gasteiger partial charge in [-0.15, -0.1) is 0 Å². The molecule has 1 atom stereocenters. The topological polar surface area (TPSA) is 89.2 Å². The van der Waals surface area contributed by atoms with Crippen molar-refractivity contribution in [3.05, 3.63) is 85.5 Å². The summed E-state index contributed by atoms with van der Waals surface area (Å²) >= 11 is 6.02. The molecule has 13 heteroatoms. The molecule has 0 bridgehead atoms. The van der Waals surface area contributed by atoms with E-state index in [0.717, 1.165) is 22.3 Å². The number of ether oxygens (including phenoxy) is 2. The maximum Gasteiger partial charge on any atom is 0.416 e. The lowest BCUT2D eigenvalue weighted by Gasteiger charge is -2.30. The Bertz CT molecular complexity index is 1410. The van der Waals surface area contributed by atoms with Crippen molar-refractivity contribution in [2.75, 3.05) is 36.7 Å². The van der Waals surface area contributed by atoms with Crippen molar-refractivity contribution in [2.45, 2.75) is 25.6 Å². The van der Waals surface area contributed by atoms with Crippen LogP contribution in [0, 0.1) is 0 Å². The van der Waals surface area contributed by atoms with E-state index in [1.165, 1.54) is 28.6 Å². The molecule has 1 aromatic heterocycles. The van der Waals surface area contributed by atoms with Gasteiger partial charge in [0.15, 0.2) is 0 Å². The average molecular weight is 555 g/mol. The summed E-state index contributed by atoms with van der Waals surface area (Å²) in [5.41, 5.74) is -1.19. The van der Waals surface area contributed by atoms with E-state index in [1.807, 2.05) is 0 Å². The highest BCUT2D eigenvalue weighted by Gasteiger charge is 2.41. The molecule has 1 unspecified atom stereocenters. The highest BCUT2D eigenvalue weighted by molar-refractivity contribution is 6.30. The van der Waals surface area contributed by atoms with Crippen molar-refractivity contribution in [1.29, 1.82) is 0 Å². The van der Waals surface area contributed by atoms with Crippen LogP contribution in [0.2, 0.25) is 5.02 Å². The second-order valence-corrected chi connectivity index (χ2v) is 9.08. The number of aliphatic hydroxyl groups is 1. The summed E-state index contributed by atoms with van der Waals surface area (Å²) in [5.74, 6) is 0.187. The summed E-state index contributed by atoms with van der Waals surface area (Å²) in [6, 6.07) is 11.3. The maximum atomic E-state index is 13.6. The first-order chi connectivity index (χ1) is 18.0. The van der Waals surface area contributed by atoms with Gasteiger partial charge in [0.05, 0.1) is 31.9 Å². The minimum Gasteiger partial charge on any atom is -0.452 e. The van der Waals surface area contributed by atoms with Crippen molar-refractivity contribution >= 4 is 23.1 Å². The maximum absolute atomic E-state index is 13.6. The smallest absolute Gasteiger partial charge is 0.416 e. The molecule has 1 N–H and O–H groups in total. The number of anilines is 2. The fourth-order valence-corrected chi connectivity index (χ4v) is 4.42. The molecule has 4 rings (SSSR count). The Balaban J connectivity index is 1.79. The Morgan fingerprint density at radius 1 is 1.05 bits per heavy atom. The Morgan fingerprint density at radius 3 is 2.42 bits per heavy atom. The number of alkyl halides is 3. The normalized spacial score (nSPS) is 15.2. The lowest BCUT2D eigenvalue weighted by molar-refractivity contribution is -0.137. The number of fused-ring (bicyclic) bond motifs is 1. The van der Waals surface area contributed by atoms with Crippen molar-refractivity contribution in [1.82, 2.24) is 9.13 Å². The van der Waals surface area contributed by atoms with Gasteiger partial charge in [0.2, 0.25) is 0 Å². The fourth-order valence-electron chi connectivity index (χ4n) is 4.29. The summed E-state index contributed by atoms with van der Waals surface area (Å²) in [5, 5.41) is 9.43. The van der Waals surface area contributed by atoms with E-state index < -0.39 is 29.3 Å². The molecule has 0 amide bonds. The molecule has 0 saturated carbocycles. The van der Waals surface area contributed by atoms with E-state index in [0.29, 0.717) is 5.02 Å². The van der Waals surface area contributed by atoms with Gasteiger partial charge in [-0.25, -0.2) is 4.79 Å². The quantitative estimate of drug-likeness (QED) is 0.407. The van der Waals surface area contributed by atoms with Crippen molar-refractivity contribution in [3.8, 4) is 5.75 Å². The van der Waals surface area contributed by atoms with E-state index in [1.54, 1.807) is 36.2 Å². The van der Waals surface area contributed by atoms with Crippen LogP contribution in [0.5, 0.6) is 5.75 Å². The molecule has 0 saturated heterocycles. The second-order valence-electron chi connectivity index (χ2n) is 8.64. The van der Waals surface area contributed by atoms with Crippen LogP contribution < -0.4 is 25.8 Å². The summed E-state index contributed by atoms with van der Waals surface area (Å²) in [4.78, 5) is 29.8. The van der Waals surface area contributed by atoms with Gasteiger partial charge in [-0.1, -0.05) is 29.8 Å². The van der Waals surface area contributed by atoms with Gasteiger partial charge < -0.3 is 24.4 Å². The first kappa shape index (κ1) is 27.6. The lowest BCUT2D eigenvalue weighted by atomic mass is 10.2. The van der Waals surface area contributed by atoms with Crippen LogP contribution in [0.4, 0.5) is 24.7 Å². The molecular formula is C25H26ClF3N4O5. The van der Waals surface area contributed by atoms with E-state index in [9.17, 15) is 22.8 Å². The highest BCUT2D eigenvalue weighted by atomic mass is 35.5. The van der Waals surface area contributed by atoms with Crippen LogP contribution in [0.15, 0.2) is 58.1 Å². The van der Waals surface area contributed by atoms with Gasteiger partial charge in [0.1, 0.15) is 17.3 Å². The molecule has 0 radical (unpaired) electrons. The number of hydrogen-bond donors (Lipinski definition) is 1. The summed E-state index contributed by atoms with van der Waals surface area (Å²) in [7, 11) is 3.09. The minimum atomic E-state index is -4.57. The lowest BCUT2D eigenvalue weighted by Crippen LogP contribution is -2.46. The van der Waals surface area contributed by atoms with Gasteiger partial charge in [-0.2, -0.15) is 13.2 Å². The summed E-state index contributed by atoms with van der Waals surface area (Å²) in [6.07, 6.45) is -5.62. The van der Waals surface area contributed by atoms with Crippen LogP contribution in [0.1, 0.15) is 11.1 Å². The van der Waals surface area contributed by atoms with E-state index in [2.05, 4.69) is 0 Å². The average Bonchev–Trinajstić information content (AvgIpc) is 3.14. The predicted octanol–water partition coefficient (Wildman–Crippen LogP) is 3.05. The first-order valence-electron chi connectivity index (χ1n) is 11.6. The van der Waals surface area contributed by atoms with Gasteiger partial charge in [-0.05, 0) is 35.9 Å². The third-order valence-electron chi connectivity index (χ3n) is 6.08. The number of halogens is 4. The number of rotatable bonds is 9. The Labute approximate surface area is 220 Å². The number of benzene rings is 2. The third-order valence-corrected chi connectivity index (χ3v) is 6.33. The largest absolute Gasteiger partial charge is 0.452 e. The van der Waals surface area contributed by atoms with E-state index in [-0.39, 0.29) is 50.2 Å². The fraction of sp³-hybridized carbons (Fsp3) is 0.360. The number of nitrogens with zero attached hydrogens (tertiary/aromatic N) is 4. The zero-order valence-electron chi connectivity index (χ0n) is 20.6. The van der Waals surface area contributed by atoms with Gasteiger partial charge in [0.25, 0.3) is 11.9 Å². The molecule has 204 valence electrons. The number of hydrogen-bond acceptors (Lipinski definition) is 7. The standard InChI is InChI=1S/C25H26ClF3N4O5/c1-30-21-20(22(35)32(23(30)36)10-12-37-13-11-34)33(15-16-6-8-18(26)9-7-16)24(31(21)2)38-19-5-3-4-17(14-19)25(27,28)29/h3-9,14,24,34H,10-13,15H2,1-2H3. The Morgan fingerprint density at radius 2 is 1.76 bits per heavy atom.